The van der Waals surface area contributed by atoms with Gasteiger partial charge in [-0.15, -0.1) is 0 Å². The second-order valence-electron chi connectivity index (χ2n) is 6.15. The largest absolute Gasteiger partial charge is 0.313 e. The van der Waals surface area contributed by atoms with E-state index >= 15 is 0 Å². The Balaban J connectivity index is 1.71. The van der Waals surface area contributed by atoms with Crippen molar-refractivity contribution in [3.63, 3.8) is 0 Å². The third-order valence-electron chi connectivity index (χ3n) is 5.21. The smallest absolute Gasteiger partial charge is 0.00916 e. The van der Waals surface area contributed by atoms with Gasteiger partial charge in [-0.1, -0.05) is 26.7 Å². The van der Waals surface area contributed by atoms with Crippen molar-refractivity contribution in [2.45, 2.75) is 64.8 Å². The highest BCUT2D eigenvalue weighted by Gasteiger charge is 2.32. The number of rotatable bonds is 5. The normalized spacial score (nSPS) is 26.5. The van der Waals surface area contributed by atoms with Crippen molar-refractivity contribution in [2.24, 2.45) is 5.41 Å². The van der Waals surface area contributed by atoms with Gasteiger partial charge in [-0.2, -0.15) is 0 Å². The Morgan fingerprint density at radius 1 is 1.12 bits per heavy atom. The molecule has 1 N–H and O–H groups in total. The van der Waals surface area contributed by atoms with E-state index in [9.17, 15) is 0 Å². The van der Waals surface area contributed by atoms with Crippen molar-refractivity contribution in [1.82, 2.24) is 10.2 Å². The second kappa shape index (κ2) is 6.19. The van der Waals surface area contributed by atoms with E-state index in [2.05, 4.69) is 24.1 Å². The fourth-order valence-electron chi connectivity index (χ4n) is 3.59. The van der Waals surface area contributed by atoms with E-state index in [0.29, 0.717) is 5.41 Å². The molecule has 1 saturated carbocycles. The molecule has 0 bridgehead atoms. The zero-order valence-electron chi connectivity index (χ0n) is 11.8. The minimum atomic E-state index is 0.655. The molecule has 2 heteroatoms. The number of hydrogen-bond acceptors (Lipinski definition) is 2. The number of piperidine rings is 1. The first-order valence-electron chi connectivity index (χ1n) is 7.74. The lowest BCUT2D eigenvalue weighted by atomic mass is 9.83. The highest BCUT2D eigenvalue weighted by Crippen LogP contribution is 2.40. The molecule has 1 heterocycles. The first kappa shape index (κ1) is 13.4. The van der Waals surface area contributed by atoms with E-state index in [1.165, 1.54) is 71.1 Å². The fourth-order valence-corrected chi connectivity index (χ4v) is 3.59. The number of nitrogens with one attached hydrogen (secondary N) is 1. The Hall–Kier alpha value is -0.0800. The van der Waals surface area contributed by atoms with Gasteiger partial charge in [0.2, 0.25) is 0 Å². The van der Waals surface area contributed by atoms with Crippen molar-refractivity contribution >= 4 is 0 Å². The van der Waals surface area contributed by atoms with Crippen molar-refractivity contribution in [1.29, 1.82) is 0 Å². The summed E-state index contributed by atoms with van der Waals surface area (Å²) in [5.74, 6) is 0. The molecule has 2 aliphatic rings. The van der Waals surface area contributed by atoms with Crippen LogP contribution in [0.2, 0.25) is 0 Å². The van der Waals surface area contributed by atoms with Crippen LogP contribution in [0.25, 0.3) is 0 Å². The molecule has 0 aromatic carbocycles. The van der Waals surface area contributed by atoms with Crippen molar-refractivity contribution < 1.29 is 0 Å². The summed E-state index contributed by atoms with van der Waals surface area (Å²) in [5.41, 5.74) is 0.655. The van der Waals surface area contributed by atoms with Crippen LogP contribution in [0, 0.1) is 5.41 Å². The summed E-state index contributed by atoms with van der Waals surface area (Å²) >= 11 is 0. The summed E-state index contributed by atoms with van der Waals surface area (Å²) in [4.78, 5) is 2.57. The molecule has 0 unspecified atom stereocenters. The molecule has 1 aliphatic heterocycles. The van der Waals surface area contributed by atoms with Crippen LogP contribution in [0.5, 0.6) is 0 Å². The van der Waals surface area contributed by atoms with Crippen molar-refractivity contribution in [3.05, 3.63) is 0 Å². The molecule has 0 radical (unpaired) electrons. The lowest BCUT2D eigenvalue weighted by molar-refractivity contribution is 0.185. The van der Waals surface area contributed by atoms with Crippen LogP contribution < -0.4 is 5.32 Å². The molecule has 2 rings (SSSR count). The number of hydrogen-bond donors (Lipinski definition) is 1. The van der Waals surface area contributed by atoms with E-state index in [1.807, 2.05) is 0 Å². The molecular weight excluding hydrogens is 208 g/mol. The average Bonchev–Trinajstić information content (AvgIpc) is 2.86. The van der Waals surface area contributed by atoms with E-state index in [-0.39, 0.29) is 0 Å². The van der Waals surface area contributed by atoms with Crippen LogP contribution >= 0.6 is 0 Å². The first-order chi connectivity index (χ1) is 8.28. The SMILES string of the molecule is CCN1CCC(NCC2(CC)CCCC2)CC1. The van der Waals surface area contributed by atoms with Crippen LogP contribution in [-0.4, -0.2) is 37.1 Å². The quantitative estimate of drug-likeness (QED) is 0.792. The number of likely N-dealkylation sites (tertiary alicyclic amines) is 1. The molecule has 0 aromatic rings. The van der Waals surface area contributed by atoms with E-state index < -0.39 is 0 Å². The molecule has 0 aromatic heterocycles. The number of nitrogens with zero attached hydrogens (tertiary/aromatic N) is 1. The van der Waals surface area contributed by atoms with Gasteiger partial charge in [-0.25, -0.2) is 0 Å². The Kier molecular flexibility index (Phi) is 4.87. The van der Waals surface area contributed by atoms with Crippen LogP contribution in [0.4, 0.5) is 0 Å². The lowest BCUT2D eigenvalue weighted by Crippen LogP contribution is -2.45. The lowest BCUT2D eigenvalue weighted by Gasteiger charge is -2.35. The van der Waals surface area contributed by atoms with Gasteiger partial charge < -0.3 is 10.2 Å². The summed E-state index contributed by atoms with van der Waals surface area (Å²) < 4.78 is 0. The third kappa shape index (κ3) is 3.45. The second-order valence-corrected chi connectivity index (χ2v) is 6.15. The fraction of sp³-hybridized carbons (Fsp3) is 1.00. The molecule has 0 spiro atoms. The maximum absolute atomic E-state index is 3.87. The van der Waals surface area contributed by atoms with E-state index in [4.69, 9.17) is 0 Å². The van der Waals surface area contributed by atoms with Gasteiger partial charge in [0, 0.05) is 12.6 Å². The van der Waals surface area contributed by atoms with E-state index in [0.717, 1.165) is 6.04 Å². The first-order valence-corrected chi connectivity index (χ1v) is 7.74. The van der Waals surface area contributed by atoms with Crippen LogP contribution in [0.3, 0.4) is 0 Å². The van der Waals surface area contributed by atoms with Crippen molar-refractivity contribution in [3.8, 4) is 0 Å². The molecule has 0 amide bonds. The molecule has 1 saturated heterocycles. The monoisotopic (exact) mass is 238 g/mol. The topological polar surface area (TPSA) is 15.3 Å². The Labute approximate surface area is 107 Å². The Morgan fingerprint density at radius 3 is 2.29 bits per heavy atom. The molecule has 2 fully saturated rings. The zero-order chi connectivity index (χ0) is 12.1. The molecule has 0 atom stereocenters. The summed E-state index contributed by atoms with van der Waals surface area (Å²) in [6.45, 7) is 9.76. The summed E-state index contributed by atoms with van der Waals surface area (Å²) in [6.07, 6.45) is 9.93. The predicted molar refractivity (Wildman–Crippen MR) is 74.3 cm³/mol. The van der Waals surface area contributed by atoms with E-state index in [1.54, 1.807) is 0 Å². The summed E-state index contributed by atoms with van der Waals surface area (Å²) in [7, 11) is 0. The molecule has 17 heavy (non-hydrogen) atoms. The third-order valence-corrected chi connectivity index (χ3v) is 5.21. The predicted octanol–water partition coefficient (Wildman–Crippen LogP) is 3.03. The average molecular weight is 238 g/mol. The highest BCUT2D eigenvalue weighted by atomic mass is 15.1. The summed E-state index contributed by atoms with van der Waals surface area (Å²) in [5, 5.41) is 3.87. The van der Waals surface area contributed by atoms with Gasteiger partial charge >= 0.3 is 0 Å². The highest BCUT2D eigenvalue weighted by molar-refractivity contribution is 4.87. The van der Waals surface area contributed by atoms with Gasteiger partial charge in [0.05, 0.1) is 0 Å². The van der Waals surface area contributed by atoms with Crippen LogP contribution in [-0.2, 0) is 0 Å². The Morgan fingerprint density at radius 2 is 1.76 bits per heavy atom. The van der Waals surface area contributed by atoms with Gasteiger partial charge in [-0.3, -0.25) is 0 Å². The van der Waals surface area contributed by atoms with Crippen LogP contribution in [0.1, 0.15) is 58.8 Å². The maximum atomic E-state index is 3.87. The molecular formula is C15H30N2. The molecule has 1 aliphatic carbocycles. The minimum absolute atomic E-state index is 0.655. The minimum Gasteiger partial charge on any atom is -0.313 e. The van der Waals surface area contributed by atoms with Gasteiger partial charge in [0.1, 0.15) is 0 Å². The molecule has 2 nitrogen and oxygen atoms in total. The van der Waals surface area contributed by atoms with Gasteiger partial charge in [-0.05, 0) is 57.2 Å². The van der Waals surface area contributed by atoms with Gasteiger partial charge in [0.15, 0.2) is 0 Å². The Bertz CT molecular complexity index is 213. The standard InChI is InChI=1S/C15H30N2/c1-3-15(9-5-6-10-15)13-16-14-7-11-17(4-2)12-8-14/h14,16H,3-13H2,1-2H3. The van der Waals surface area contributed by atoms with Crippen molar-refractivity contribution in [2.75, 3.05) is 26.2 Å². The zero-order valence-corrected chi connectivity index (χ0v) is 11.8. The summed E-state index contributed by atoms with van der Waals surface area (Å²) in [6, 6.07) is 0.793. The maximum Gasteiger partial charge on any atom is 0.00916 e. The molecule has 100 valence electrons. The van der Waals surface area contributed by atoms with Gasteiger partial charge in [0.25, 0.3) is 0 Å². The van der Waals surface area contributed by atoms with Crippen LogP contribution in [0.15, 0.2) is 0 Å².